The molecule has 0 fully saturated rings. The summed E-state index contributed by atoms with van der Waals surface area (Å²) in [4.78, 5) is 77.6. The van der Waals surface area contributed by atoms with Crippen molar-refractivity contribution in [1.82, 2.24) is 9.80 Å². The number of carbonyl (C=O) groups is 6. The maximum Gasteiger partial charge on any atom is 0.408 e. The van der Waals surface area contributed by atoms with Crippen LogP contribution < -0.4 is 0 Å². The third-order valence-corrected chi connectivity index (χ3v) is 7.05. The van der Waals surface area contributed by atoms with Gasteiger partial charge in [-0.25, -0.2) is 28.8 Å². The van der Waals surface area contributed by atoms with Gasteiger partial charge in [-0.1, -0.05) is 60.7 Å². The van der Waals surface area contributed by atoms with Crippen LogP contribution in [0.25, 0.3) is 0 Å². The van der Waals surface area contributed by atoms with E-state index in [2.05, 4.69) is 0 Å². The standard InChI is InChI=1S/C32H40N2O11/c1-5-43-29(37)25(19-17-23-13-9-7-10-14-23)33(31(39)40)21(3)27(35)45-28(36)22(4)34(32(41)42)26(30(38)44-6-2)20-18-24-15-11-8-12-16-24/h7-16,21-22,25-26H,5-6,17-20H2,1-4H3,(H,39,40)(H,41,42)/t21-,22-,25?,26?/m0/s1. The fourth-order valence-electron chi connectivity index (χ4n) is 4.75. The summed E-state index contributed by atoms with van der Waals surface area (Å²) in [6.07, 6.45) is -2.79. The first kappa shape index (κ1) is 36.3. The van der Waals surface area contributed by atoms with Gasteiger partial charge in [-0.3, -0.25) is 9.80 Å². The normalized spacial score (nSPS) is 13.3. The first-order valence-corrected chi connectivity index (χ1v) is 14.6. The molecule has 4 atom stereocenters. The Kier molecular flexibility index (Phi) is 14.5. The molecule has 0 radical (unpaired) electrons. The number of nitrogens with zero attached hydrogens (tertiary/aromatic N) is 2. The van der Waals surface area contributed by atoms with E-state index >= 15 is 0 Å². The van der Waals surface area contributed by atoms with E-state index in [4.69, 9.17) is 14.2 Å². The lowest BCUT2D eigenvalue weighted by molar-refractivity contribution is -0.168. The van der Waals surface area contributed by atoms with Gasteiger partial charge in [0.1, 0.15) is 24.2 Å². The summed E-state index contributed by atoms with van der Waals surface area (Å²) in [5, 5.41) is 20.0. The van der Waals surface area contributed by atoms with E-state index in [1.807, 2.05) is 0 Å². The molecule has 0 bridgehead atoms. The summed E-state index contributed by atoms with van der Waals surface area (Å²) in [5.74, 6) is -4.46. The number of esters is 4. The first-order chi connectivity index (χ1) is 21.4. The predicted octanol–water partition coefficient (Wildman–Crippen LogP) is 3.92. The van der Waals surface area contributed by atoms with Crippen LogP contribution in [0.3, 0.4) is 0 Å². The molecule has 2 aromatic carbocycles. The number of hydrogen-bond acceptors (Lipinski definition) is 9. The van der Waals surface area contributed by atoms with Gasteiger partial charge in [0.25, 0.3) is 0 Å². The number of aryl methyl sites for hydroxylation is 2. The molecular formula is C32H40N2O11. The molecule has 0 spiro atoms. The van der Waals surface area contributed by atoms with Crippen molar-refractivity contribution >= 4 is 36.1 Å². The molecule has 0 saturated carbocycles. The van der Waals surface area contributed by atoms with Crippen LogP contribution in [0, 0.1) is 0 Å². The van der Waals surface area contributed by atoms with Gasteiger partial charge in [0, 0.05) is 0 Å². The van der Waals surface area contributed by atoms with Crippen molar-refractivity contribution in [2.45, 2.75) is 77.5 Å². The summed E-state index contributed by atoms with van der Waals surface area (Å²) >= 11 is 0. The van der Waals surface area contributed by atoms with Crippen LogP contribution in [0.2, 0.25) is 0 Å². The Morgan fingerprint density at radius 2 is 0.933 bits per heavy atom. The highest BCUT2D eigenvalue weighted by Gasteiger charge is 2.42. The highest BCUT2D eigenvalue weighted by Crippen LogP contribution is 2.19. The van der Waals surface area contributed by atoms with Gasteiger partial charge in [0.2, 0.25) is 0 Å². The van der Waals surface area contributed by atoms with E-state index in [9.17, 15) is 39.0 Å². The third-order valence-electron chi connectivity index (χ3n) is 7.05. The van der Waals surface area contributed by atoms with E-state index in [1.54, 1.807) is 74.5 Å². The topological polar surface area (TPSA) is 177 Å². The van der Waals surface area contributed by atoms with Crippen LogP contribution in [0.15, 0.2) is 60.7 Å². The van der Waals surface area contributed by atoms with Crippen LogP contribution in [-0.4, -0.2) is 93.5 Å². The number of hydrogen-bond donors (Lipinski definition) is 2. The van der Waals surface area contributed by atoms with E-state index in [0.717, 1.165) is 25.0 Å². The van der Waals surface area contributed by atoms with Gasteiger partial charge in [-0.15, -0.1) is 0 Å². The second-order valence-electron chi connectivity index (χ2n) is 10.1. The van der Waals surface area contributed by atoms with Crippen molar-refractivity contribution in [2.24, 2.45) is 0 Å². The zero-order chi connectivity index (χ0) is 33.5. The molecule has 0 aromatic heterocycles. The van der Waals surface area contributed by atoms with Crippen LogP contribution in [-0.2, 0) is 46.2 Å². The maximum absolute atomic E-state index is 13.1. The minimum atomic E-state index is -1.67. The number of amides is 2. The zero-order valence-electron chi connectivity index (χ0n) is 25.8. The Bertz CT molecular complexity index is 1200. The first-order valence-electron chi connectivity index (χ1n) is 14.6. The van der Waals surface area contributed by atoms with E-state index < -0.39 is 60.2 Å². The molecule has 0 heterocycles. The van der Waals surface area contributed by atoms with Crippen molar-refractivity contribution in [3.8, 4) is 0 Å². The summed E-state index contributed by atoms with van der Waals surface area (Å²) in [7, 11) is 0. The molecule has 2 aromatic rings. The molecule has 0 saturated heterocycles. The lowest BCUT2D eigenvalue weighted by atomic mass is 10.0. The Labute approximate surface area is 261 Å². The number of benzene rings is 2. The Hall–Kier alpha value is -4.94. The van der Waals surface area contributed by atoms with Gasteiger partial charge in [-0.05, 0) is 64.5 Å². The molecule has 13 nitrogen and oxygen atoms in total. The lowest BCUT2D eigenvalue weighted by Crippen LogP contribution is -2.55. The minimum Gasteiger partial charge on any atom is -0.465 e. The van der Waals surface area contributed by atoms with E-state index in [1.165, 1.54) is 0 Å². The zero-order valence-corrected chi connectivity index (χ0v) is 25.8. The highest BCUT2D eigenvalue weighted by molar-refractivity contribution is 5.94. The van der Waals surface area contributed by atoms with Gasteiger partial charge in [-0.2, -0.15) is 0 Å². The summed E-state index contributed by atoms with van der Waals surface area (Å²) in [6.45, 7) is 5.29. The second kappa shape index (κ2) is 18.0. The van der Waals surface area contributed by atoms with Crippen molar-refractivity contribution in [1.29, 1.82) is 0 Å². The fourth-order valence-corrected chi connectivity index (χ4v) is 4.75. The number of carboxylic acid groups (broad SMARTS) is 2. The highest BCUT2D eigenvalue weighted by atomic mass is 16.6. The summed E-state index contributed by atoms with van der Waals surface area (Å²) in [5.41, 5.74) is 1.63. The Morgan fingerprint density at radius 3 is 1.22 bits per heavy atom. The smallest absolute Gasteiger partial charge is 0.408 e. The van der Waals surface area contributed by atoms with E-state index in [0.29, 0.717) is 9.80 Å². The predicted molar refractivity (Wildman–Crippen MR) is 160 cm³/mol. The molecular weight excluding hydrogens is 588 g/mol. The average Bonchev–Trinajstić information content (AvgIpc) is 3.01. The molecule has 45 heavy (non-hydrogen) atoms. The quantitative estimate of drug-likeness (QED) is 0.156. The van der Waals surface area contributed by atoms with Crippen LogP contribution in [0.4, 0.5) is 9.59 Å². The summed E-state index contributed by atoms with van der Waals surface area (Å²) in [6, 6.07) is 11.7. The molecule has 2 amide bonds. The van der Waals surface area contributed by atoms with Crippen LogP contribution >= 0.6 is 0 Å². The minimum absolute atomic E-state index is 0.0352. The van der Waals surface area contributed by atoms with Crippen molar-refractivity contribution < 1.29 is 53.2 Å². The van der Waals surface area contributed by atoms with Crippen molar-refractivity contribution in [3.05, 3.63) is 71.8 Å². The van der Waals surface area contributed by atoms with Crippen molar-refractivity contribution in [2.75, 3.05) is 13.2 Å². The largest absolute Gasteiger partial charge is 0.465 e. The molecule has 2 N–H and O–H groups in total. The van der Waals surface area contributed by atoms with Crippen molar-refractivity contribution in [3.63, 3.8) is 0 Å². The number of carbonyl (C=O) groups excluding carboxylic acids is 4. The number of ether oxygens (including phenoxy) is 3. The van der Waals surface area contributed by atoms with Gasteiger partial charge in [0.15, 0.2) is 0 Å². The Morgan fingerprint density at radius 1 is 0.600 bits per heavy atom. The average molecular weight is 629 g/mol. The molecule has 244 valence electrons. The number of rotatable bonds is 16. The van der Waals surface area contributed by atoms with Gasteiger partial charge < -0.3 is 24.4 Å². The molecule has 0 aliphatic rings. The molecule has 0 aliphatic carbocycles. The molecule has 13 heteroatoms. The maximum atomic E-state index is 13.1. The molecule has 2 rings (SSSR count). The van der Waals surface area contributed by atoms with Crippen LogP contribution in [0.1, 0.15) is 51.7 Å². The summed E-state index contributed by atoms with van der Waals surface area (Å²) < 4.78 is 15.1. The molecule has 2 unspecified atom stereocenters. The second-order valence-corrected chi connectivity index (χ2v) is 10.1. The fraction of sp³-hybridized carbons (Fsp3) is 0.438. The molecule has 0 aliphatic heterocycles. The van der Waals surface area contributed by atoms with Gasteiger partial charge in [0.05, 0.1) is 13.2 Å². The monoisotopic (exact) mass is 628 g/mol. The van der Waals surface area contributed by atoms with Gasteiger partial charge >= 0.3 is 36.1 Å². The van der Waals surface area contributed by atoms with E-state index in [-0.39, 0.29) is 38.9 Å². The Balaban J connectivity index is 2.27. The lowest BCUT2D eigenvalue weighted by Gasteiger charge is -2.33. The SMILES string of the molecule is CCOC(=O)C(CCc1ccccc1)N(C(=O)O)[C@@H](C)C(=O)OC(=O)[C@H](C)N(C(=O)O)C(CCc1ccccc1)C(=O)OCC. The third kappa shape index (κ3) is 10.6. The van der Waals surface area contributed by atoms with Crippen LogP contribution in [0.5, 0.6) is 0 Å².